The fraction of sp³-hybridized carbons (Fsp3) is 0.545. The van der Waals surface area contributed by atoms with Crippen LogP contribution in [0.15, 0.2) is 24.3 Å². The molecule has 0 radical (unpaired) electrons. The summed E-state index contributed by atoms with van der Waals surface area (Å²) in [6, 6.07) is 7.19. The molecule has 2 aliphatic carbocycles. The van der Waals surface area contributed by atoms with E-state index in [0.29, 0.717) is 22.7 Å². The molecule has 30 heavy (non-hydrogen) atoms. The number of primary amides is 1. The van der Waals surface area contributed by atoms with Crippen molar-refractivity contribution in [3.05, 3.63) is 30.0 Å². The molecule has 3 aliphatic rings. The van der Waals surface area contributed by atoms with Crippen LogP contribution in [0.4, 0.5) is 0 Å². The molecule has 0 spiro atoms. The van der Waals surface area contributed by atoms with E-state index >= 15 is 0 Å². The average molecular weight is 409 g/mol. The van der Waals surface area contributed by atoms with Crippen LogP contribution in [0.1, 0.15) is 49.5 Å². The summed E-state index contributed by atoms with van der Waals surface area (Å²) < 4.78 is 1.53. The van der Waals surface area contributed by atoms with Gasteiger partial charge in [-0.1, -0.05) is 25.1 Å². The number of nitrogens with zero attached hydrogens (tertiary/aromatic N) is 3. The fourth-order valence-corrected chi connectivity index (χ4v) is 5.32. The van der Waals surface area contributed by atoms with E-state index in [0.717, 1.165) is 32.1 Å². The van der Waals surface area contributed by atoms with Gasteiger partial charge in [0.2, 0.25) is 11.8 Å². The number of hydrogen-bond acceptors (Lipinski definition) is 4. The van der Waals surface area contributed by atoms with Crippen molar-refractivity contribution < 1.29 is 14.4 Å². The minimum Gasteiger partial charge on any atom is -0.364 e. The number of aromatic nitrogens is 2. The molecule has 1 aromatic carbocycles. The van der Waals surface area contributed by atoms with Crippen molar-refractivity contribution in [1.82, 2.24) is 20.0 Å². The second kappa shape index (κ2) is 7.11. The molecule has 158 valence electrons. The van der Waals surface area contributed by atoms with Gasteiger partial charge in [-0.3, -0.25) is 19.1 Å². The van der Waals surface area contributed by atoms with Crippen LogP contribution in [0.25, 0.3) is 10.9 Å². The number of carbonyl (C=O) groups is 3. The number of nitrogens with two attached hydrogens (primary N) is 1. The molecule has 1 aliphatic heterocycles. The van der Waals surface area contributed by atoms with Gasteiger partial charge in [0.1, 0.15) is 12.6 Å². The van der Waals surface area contributed by atoms with E-state index in [9.17, 15) is 14.4 Å². The van der Waals surface area contributed by atoms with E-state index in [1.165, 1.54) is 4.68 Å². The van der Waals surface area contributed by atoms with Gasteiger partial charge < -0.3 is 16.0 Å². The minimum atomic E-state index is -0.621. The molecule has 3 fully saturated rings. The lowest BCUT2D eigenvalue weighted by molar-refractivity contribution is -0.140. The zero-order valence-electron chi connectivity index (χ0n) is 17.1. The minimum absolute atomic E-state index is 0.0126. The smallest absolute Gasteiger partial charge is 0.269 e. The Morgan fingerprint density at radius 2 is 1.97 bits per heavy atom. The first-order valence-electron chi connectivity index (χ1n) is 10.8. The van der Waals surface area contributed by atoms with Gasteiger partial charge in [-0.25, -0.2) is 0 Å². The lowest BCUT2D eigenvalue weighted by Crippen LogP contribution is -2.50. The molecule has 5 atom stereocenters. The summed E-state index contributed by atoms with van der Waals surface area (Å²) in [7, 11) is 0. The molecule has 3 N–H and O–H groups in total. The molecular formula is C22H27N5O3. The van der Waals surface area contributed by atoms with Gasteiger partial charge in [0.05, 0.1) is 5.52 Å². The maximum absolute atomic E-state index is 13.2. The summed E-state index contributed by atoms with van der Waals surface area (Å²) in [6.45, 7) is 2.20. The lowest BCUT2D eigenvalue weighted by Gasteiger charge is -2.28. The number of rotatable bonds is 5. The maximum atomic E-state index is 13.2. The fourth-order valence-electron chi connectivity index (χ4n) is 5.32. The average Bonchev–Trinajstić information content (AvgIpc) is 3.03. The Bertz CT molecular complexity index is 1030. The molecule has 3 amide bonds. The van der Waals surface area contributed by atoms with Crippen molar-refractivity contribution in [2.45, 2.75) is 63.7 Å². The Morgan fingerprint density at radius 1 is 1.17 bits per heavy atom. The number of amides is 3. The molecule has 1 unspecified atom stereocenters. The van der Waals surface area contributed by atoms with Gasteiger partial charge in [0, 0.05) is 17.5 Å². The number of carbonyl (C=O) groups excluding carboxylic acids is 3. The highest BCUT2D eigenvalue weighted by atomic mass is 16.2. The number of piperidine rings is 1. The van der Waals surface area contributed by atoms with Gasteiger partial charge in [-0.05, 0) is 50.0 Å². The Hall–Kier alpha value is -2.90. The summed E-state index contributed by atoms with van der Waals surface area (Å²) in [5.74, 6) is 0.270. The lowest BCUT2D eigenvalue weighted by atomic mass is 10.1. The molecule has 1 aromatic heterocycles. The van der Waals surface area contributed by atoms with Crippen LogP contribution < -0.4 is 11.1 Å². The van der Waals surface area contributed by atoms with E-state index in [4.69, 9.17) is 5.73 Å². The molecule has 2 heterocycles. The zero-order chi connectivity index (χ0) is 21.0. The van der Waals surface area contributed by atoms with Crippen molar-refractivity contribution in [1.29, 1.82) is 0 Å². The van der Waals surface area contributed by atoms with E-state index in [1.807, 2.05) is 18.2 Å². The molecule has 8 nitrogen and oxygen atoms in total. The molecule has 5 rings (SSSR count). The van der Waals surface area contributed by atoms with E-state index < -0.39 is 11.9 Å². The van der Waals surface area contributed by atoms with Crippen molar-refractivity contribution in [3.8, 4) is 0 Å². The molecule has 1 saturated heterocycles. The predicted molar refractivity (Wildman–Crippen MR) is 110 cm³/mol. The van der Waals surface area contributed by atoms with Gasteiger partial charge in [0.15, 0.2) is 5.69 Å². The maximum Gasteiger partial charge on any atom is 0.269 e. The number of hydrogen-bond donors (Lipinski definition) is 2. The topological polar surface area (TPSA) is 110 Å². The third kappa shape index (κ3) is 3.24. The van der Waals surface area contributed by atoms with E-state index in [2.05, 4.69) is 17.3 Å². The monoisotopic (exact) mass is 409 g/mol. The number of fused-ring (bicyclic) bond motifs is 2. The van der Waals surface area contributed by atoms with Crippen LogP contribution in [0.3, 0.4) is 0 Å². The zero-order valence-corrected chi connectivity index (χ0v) is 17.1. The highest BCUT2D eigenvalue weighted by Crippen LogP contribution is 2.48. The van der Waals surface area contributed by atoms with Crippen LogP contribution in [-0.2, 0) is 16.1 Å². The highest BCUT2D eigenvalue weighted by Gasteiger charge is 2.56. The van der Waals surface area contributed by atoms with E-state index in [-0.39, 0.29) is 36.1 Å². The predicted octanol–water partition coefficient (Wildman–Crippen LogP) is 1.43. The first-order chi connectivity index (χ1) is 14.4. The molecular weight excluding hydrogens is 382 g/mol. The second-order valence-electron chi connectivity index (χ2n) is 9.13. The normalized spacial score (nSPS) is 29.8. The summed E-state index contributed by atoms with van der Waals surface area (Å²) in [6.07, 6.45) is 4.85. The summed E-state index contributed by atoms with van der Waals surface area (Å²) in [4.78, 5) is 39.7. The van der Waals surface area contributed by atoms with Crippen molar-refractivity contribution in [2.24, 2.45) is 17.6 Å². The van der Waals surface area contributed by atoms with Crippen molar-refractivity contribution in [3.63, 3.8) is 0 Å². The van der Waals surface area contributed by atoms with Crippen LogP contribution >= 0.6 is 0 Å². The van der Waals surface area contributed by atoms with Crippen LogP contribution in [0.5, 0.6) is 0 Å². The van der Waals surface area contributed by atoms with Gasteiger partial charge >= 0.3 is 0 Å². The third-order valence-electron chi connectivity index (χ3n) is 6.91. The van der Waals surface area contributed by atoms with Gasteiger partial charge in [-0.2, -0.15) is 5.10 Å². The first-order valence-corrected chi connectivity index (χ1v) is 10.8. The number of benzene rings is 1. The number of para-hydroxylation sites is 1. The Morgan fingerprint density at radius 3 is 2.70 bits per heavy atom. The molecule has 8 heteroatoms. The number of nitrogens with one attached hydrogen (secondary N) is 1. The van der Waals surface area contributed by atoms with Gasteiger partial charge in [0.25, 0.3) is 5.91 Å². The number of likely N-dealkylation sites (tertiary alicyclic amines) is 1. The summed E-state index contributed by atoms with van der Waals surface area (Å²) in [5, 5.41) is 8.10. The summed E-state index contributed by atoms with van der Waals surface area (Å²) >= 11 is 0. The Labute approximate surface area is 174 Å². The SMILES string of the molecule is C[C@H]1CCC(NC(=O)[C@@H]2C[C@H]3C[C@H]3N2C(=O)Cn2nc(C(N)=O)c3ccccc32)C1. The van der Waals surface area contributed by atoms with E-state index in [1.54, 1.807) is 11.0 Å². The van der Waals surface area contributed by atoms with Crippen LogP contribution in [-0.4, -0.2) is 50.5 Å². The third-order valence-corrected chi connectivity index (χ3v) is 6.91. The van der Waals surface area contributed by atoms with Crippen LogP contribution in [0, 0.1) is 11.8 Å². The molecule has 2 saturated carbocycles. The highest BCUT2D eigenvalue weighted by molar-refractivity contribution is 6.04. The first kappa shape index (κ1) is 19.1. The van der Waals surface area contributed by atoms with Gasteiger partial charge in [-0.15, -0.1) is 0 Å². The molecule has 2 aromatic rings. The standard InChI is InChI=1S/C22H27N5O3/c1-12-6-7-14(8-12)24-22(30)18-10-13-9-17(13)27(18)19(28)11-26-16-5-3-2-4-15(16)20(25-26)21(23)29/h2-5,12-14,17-18H,6-11H2,1H3,(H2,23,29)(H,24,30)/t12-,13+,14?,17+,18-/m0/s1. The largest absolute Gasteiger partial charge is 0.364 e. The Kier molecular flexibility index (Phi) is 4.52. The second-order valence-corrected chi connectivity index (χ2v) is 9.13. The molecule has 0 bridgehead atoms. The van der Waals surface area contributed by atoms with Crippen molar-refractivity contribution in [2.75, 3.05) is 0 Å². The summed E-state index contributed by atoms with van der Waals surface area (Å²) in [5.41, 5.74) is 6.31. The van der Waals surface area contributed by atoms with Crippen molar-refractivity contribution >= 4 is 28.6 Å². The quantitative estimate of drug-likeness (QED) is 0.778. The Balaban J connectivity index is 1.35. The van der Waals surface area contributed by atoms with Crippen LogP contribution in [0.2, 0.25) is 0 Å².